The normalized spacial score (nSPS) is 17.5. The van der Waals surface area contributed by atoms with Gasteiger partial charge >= 0.3 is 0 Å². The lowest BCUT2D eigenvalue weighted by molar-refractivity contribution is -0.122. The van der Waals surface area contributed by atoms with Gasteiger partial charge in [-0.3, -0.25) is 14.5 Å². The molecule has 1 aliphatic heterocycles. The van der Waals surface area contributed by atoms with E-state index in [1.54, 1.807) is 6.08 Å². The molecule has 1 aliphatic rings. The number of carbonyl (C=O) groups is 2. The monoisotopic (exact) mass is 349 g/mol. The highest BCUT2D eigenvalue weighted by atomic mass is 16.2. The third kappa shape index (κ3) is 4.80. The zero-order chi connectivity index (χ0) is 18.4. The Kier molecular flexibility index (Phi) is 5.81. The van der Waals surface area contributed by atoms with Crippen LogP contribution in [0, 0.1) is 0 Å². The smallest absolute Gasteiger partial charge is 0.248 e. The van der Waals surface area contributed by atoms with Crippen LogP contribution in [-0.4, -0.2) is 29.3 Å². The number of nitrogens with one attached hydrogen (secondary N) is 1. The van der Waals surface area contributed by atoms with Crippen molar-refractivity contribution in [1.29, 1.82) is 0 Å². The zero-order valence-electron chi connectivity index (χ0n) is 14.6. The van der Waals surface area contributed by atoms with E-state index < -0.39 is 0 Å². The Morgan fingerprint density at radius 2 is 1.96 bits per heavy atom. The van der Waals surface area contributed by atoms with Crippen LogP contribution in [0.15, 0.2) is 60.7 Å². The Bertz CT molecular complexity index is 802. The molecular formula is C21H23N3O2. The molecule has 0 saturated carbocycles. The molecule has 2 amide bonds. The molecule has 1 atom stereocenters. The van der Waals surface area contributed by atoms with Crippen molar-refractivity contribution >= 4 is 23.6 Å². The number of nitrogens with zero attached hydrogens (tertiary/aromatic N) is 1. The molecule has 2 aromatic rings. The first-order chi connectivity index (χ1) is 12.6. The van der Waals surface area contributed by atoms with Crippen LogP contribution in [0.3, 0.4) is 0 Å². The van der Waals surface area contributed by atoms with E-state index in [0.717, 1.165) is 36.2 Å². The lowest BCUT2D eigenvalue weighted by atomic mass is 10.1. The van der Waals surface area contributed by atoms with Gasteiger partial charge in [-0.1, -0.05) is 42.5 Å². The first-order valence-corrected chi connectivity index (χ1v) is 8.78. The van der Waals surface area contributed by atoms with Gasteiger partial charge < -0.3 is 11.1 Å². The Morgan fingerprint density at radius 3 is 2.73 bits per heavy atom. The largest absolute Gasteiger partial charge is 0.368 e. The molecule has 3 rings (SSSR count). The standard InChI is InChI=1S/C21H23N3O2/c22-21(26)19-10-5-13-24(19)15-17-8-4-9-18(14-17)23-20(25)12-11-16-6-2-1-3-7-16/h1-4,6-9,11-12,14,19H,5,10,13,15H2,(H2,22,26)(H,23,25). The molecule has 0 aliphatic carbocycles. The van der Waals surface area contributed by atoms with Crippen LogP contribution in [0.4, 0.5) is 5.69 Å². The summed E-state index contributed by atoms with van der Waals surface area (Å²) in [7, 11) is 0. The number of hydrogen-bond donors (Lipinski definition) is 2. The number of benzene rings is 2. The maximum Gasteiger partial charge on any atom is 0.248 e. The number of rotatable bonds is 6. The van der Waals surface area contributed by atoms with Crippen LogP contribution in [0.5, 0.6) is 0 Å². The predicted octanol–water partition coefficient (Wildman–Crippen LogP) is 2.79. The summed E-state index contributed by atoms with van der Waals surface area (Å²) >= 11 is 0. The molecule has 1 saturated heterocycles. The van der Waals surface area contributed by atoms with Crippen LogP contribution >= 0.6 is 0 Å². The molecule has 3 N–H and O–H groups in total. The van der Waals surface area contributed by atoms with Crippen molar-refractivity contribution in [3.8, 4) is 0 Å². The number of amides is 2. The van der Waals surface area contributed by atoms with E-state index in [4.69, 9.17) is 5.73 Å². The highest BCUT2D eigenvalue weighted by molar-refractivity contribution is 6.01. The minimum absolute atomic E-state index is 0.179. The fraction of sp³-hybridized carbons (Fsp3) is 0.238. The molecule has 2 aromatic carbocycles. The first-order valence-electron chi connectivity index (χ1n) is 8.78. The molecule has 5 heteroatoms. The van der Waals surface area contributed by atoms with Crippen molar-refractivity contribution in [2.24, 2.45) is 5.73 Å². The highest BCUT2D eigenvalue weighted by Crippen LogP contribution is 2.21. The summed E-state index contributed by atoms with van der Waals surface area (Å²) in [4.78, 5) is 25.7. The van der Waals surface area contributed by atoms with Crippen LogP contribution in [0.1, 0.15) is 24.0 Å². The fourth-order valence-electron chi connectivity index (χ4n) is 3.24. The third-order valence-corrected chi connectivity index (χ3v) is 4.50. The van der Waals surface area contributed by atoms with Gasteiger partial charge in [-0.15, -0.1) is 0 Å². The summed E-state index contributed by atoms with van der Waals surface area (Å²) in [5, 5.41) is 2.88. The topological polar surface area (TPSA) is 75.4 Å². The molecule has 134 valence electrons. The molecule has 0 aromatic heterocycles. The maximum atomic E-state index is 12.1. The molecule has 0 spiro atoms. The van der Waals surface area contributed by atoms with Gasteiger partial charge in [-0.25, -0.2) is 0 Å². The average molecular weight is 349 g/mol. The molecule has 1 heterocycles. The maximum absolute atomic E-state index is 12.1. The Hall–Kier alpha value is -2.92. The second-order valence-corrected chi connectivity index (χ2v) is 6.46. The number of carbonyl (C=O) groups excluding carboxylic acids is 2. The predicted molar refractivity (Wildman–Crippen MR) is 103 cm³/mol. The SMILES string of the molecule is NC(=O)C1CCCN1Cc1cccc(NC(=O)C=Cc2ccccc2)c1. The van der Waals surface area contributed by atoms with Gasteiger partial charge in [-0.05, 0) is 48.7 Å². The fourth-order valence-corrected chi connectivity index (χ4v) is 3.24. The van der Waals surface area contributed by atoms with E-state index >= 15 is 0 Å². The number of primary amides is 1. The molecule has 26 heavy (non-hydrogen) atoms. The highest BCUT2D eigenvalue weighted by Gasteiger charge is 2.28. The number of anilines is 1. The second kappa shape index (κ2) is 8.45. The summed E-state index contributed by atoms with van der Waals surface area (Å²) in [5.41, 5.74) is 8.23. The minimum Gasteiger partial charge on any atom is -0.368 e. The van der Waals surface area contributed by atoms with Crippen molar-refractivity contribution in [1.82, 2.24) is 4.90 Å². The van der Waals surface area contributed by atoms with Crippen molar-refractivity contribution < 1.29 is 9.59 Å². The minimum atomic E-state index is -0.266. The van der Waals surface area contributed by atoms with Crippen molar-refractivity contribution in [3.63, 3.8) is 0 Å². The summed E-state index contributed by atoms with van der Waals surface area (Å²) in [6, 6.07) is 17.2. The van der Waals surface area contributed by atoms with Gasteiger partial charge in [0.1, 0.15) is 0 Å². The number of hydrogen-bond acceptors (Lipinski definition) is 3. The molecule has 5 nitrogen and oxygen atoms in total. The van der Waals surface area contributed by atoms with Gasteiger partial charge in [0.25, 0.3) is 0 Å². The van der Waals surface area contributed by atoms with E-state index in [1.807, 2.05) is 54.6 Å². The van der Waals surface area contributed by atoms with Gasteiger partial charge in [0.05, 0.1) is 6.04 Å². The molecule has 1 fully saturated rings. The number of likely N-dealkylation sites (tertiary alicyclic amines) is 1. The van der Waals surface area contributed by atoms with Crippen molar-refractivity contribution in [2.75, 3.05) is 11.9 Å². The van der Waals surface area contributed by atoms with Crippen LogP contribution in [0.25, 0.3) is 6.08 Å². The zero-order valence-corrected chi connectivity index (χ0v) is 14.6. The summed E-state index contributed by atoms with van der Waals surface area (Å²) < 4.78 is 0. The summed E-state index contributed by atoms with van der Waals surface area (Å²) in [6.07, 6.45) is 5.09. The first kappa shape index (κ1) is 17.9. The summed E-state index contributed by atoms with van der Waals surface area (Å²) in [5.74, 6) is -0.444. The van der Waals surface area contributed by atoms with E-state index in [9.17, 15) is 9.59 Å². The van der Waals surface area contributed by atoms with Crippen molar-refractivity contribution in [3.05, 3.63) is 71.8 Å². The average Bonchev–Trinajstić information content (AvgIpc) is 3.09. The second-order valence-electron chi connectivity index (χ2n) is 6.46. The van der Waals surface area contributed by atoms with Gasteiger partial charge in [-0.2, -0.15) is 0 Å². The summed E-state index contributed by atoms with van der Waals surface area (Å²) in [6.45, 7) is 1.52. The van der Waals surface area contributed by atoms with Gasteiger partial charge in [0.15, 0.2) is 0 Å². The van der Waals surface area contributed by atoms with Gasteiger partial charge in [0, 0.05) is 18.3 Å². The lowest BCUT2D eigenvalue weighted by Gasteiger charge is -2.22. The quantitative estimate of drug-likeness (QED) is 0.788. The van der Waals surface area contributed by atoms with Crippen LogP contribution in [0.2, 0.25) is 0 Å². The lowest BCUT2D eigenvalue weighted by Crippen LogP contribution is -2.39. The molecular weight excluding hydrogens is 326 g/mol. The molecule has 0 bridgehead atoms. The van der Waals surface area contributed by atoms with E-state index in [1.165, 1.54) is 6.08 Å². The molecule has 0 radical (unpaired) electrons. The third-order valence-electron chi connectivity index (χ3n) is 4.50. The van der Waals surface area contributed by atoms with Crippen LogP contribution in [-0.2, 0) is 16.1 Å². The van der Waals surface area contributed by atoms with E-state index in [2.05, 4.69) is 10.2 Å². The Balaban J connectivity index is 1.61. The van der Waals surface area contributed by atoms with E-state index in [-0.39, 0.29) is 17.9 Å². The Labute approximate surface area is 153 Å². The Morgan fingerprint density at radius 1 is 1.15 bits per heavy atom. The van der Waals surface area contributed by atoms with Gasteiger partial charge in [0.2, 0.25) is 11.8 Å². The van der Waals surface area contributed by atoms with Crippen LogP contribution < -0.4 is 11.1 Å². The molecule has 1 unspecified atom stereocenters. The number of nitrogens with two attached hydrogens (primary N) is 1. The van der Waals surface area contributed by atoms with Crippen molar-refractivity contribution in [2.45, 2.75) is 25.4 Å². The van der Waals surface area contributed by atoms with E-state index in [0.29, 0.717) is 6.54 Å².